The van der Waals surface area contributed by atoms with E-state index in [2.05, 4.69) is 5.32 Å². The van der Waals surface area contributed by atoms with Crippen LogP contribution in [0.1, 0.15) is 24.3 Å². The Balaban J connectivity index is 1.84. The molecule has 1 amide bonds. The van der Waals surface area contributed by atoms with E-state index in [1.165, 1.54) is 12.3 Å². The smallest absolute Gasteiger partial charge is 0.331 e. The van der Waals surface area contributed by atoms with E-state index in [1.807, 2.05) is 0 Å². The monoisotopic (exact) mass is 359 g/mol. The second kappa shape index (κ2) is 9.31. The van der Waals surface area contributed by atoms with E-state index in [-0.39, 0.29) is 12.6 Å². The quantitative estimate of drug-likeness (QED) is 0.576. The number of benzene rings is 1. The lowest BCUT2D eigenvalue weighted by Crippen LogP contribution is -2.30. The van der Waals surface area contributed by atoms with Crippen molar-refractivity contribution in [1.82, 2.24) is 5.32 Å². The van der Waals surface area contributed by atoms with E-state index in [1.54, 1.807) is 57.6 Å². The zero-order valence-corrected chi connectivity index (χ0v) is 14.9. The summed E-state index contributed by atoms with van der Waals surface area (Å²) in [7, 11) is 3.08. The summed E-state index contributed by atoms with van der Waals surface area (Å²) in [6.07, 6.45) is 4.31. The summed E-state index contributed by atoms with van der Waals surface area (Å²) in [6.45, 7) is 1.39. The highest BCUT2D eigenvalue weighted by molar-refractivity contribution is 5.89. The molecule has 0 aliphatic carbocycles. The highest BCUT2D eigenvalue weighted by atomic mass is 16.5. The van der Waals surface area contributed by atoms with Crippen LogP contribution in [0.2, 0.25) is 0 Å². The first-order valence-electron chi connectivity index (χ1n) is 7.92. The average Bonchev–Trinajstić information content (AvgIpc) is 3.19. The summed E-state index contributed by atoms with van der Waals surface area (Å²) in [6, 6.07) is 8.38. The van der Waals surface area contributed by atoms with Crippen LogP contribution >= 0.6 is 0 Å². The van der Waals surface area contributed by atoms with Crippen molar-refractivity contribution < 1.29 is 28.2 Å². The van der Waals surface area contributed by atoms with Gasteiger partial charge in [0.25, 0.3) is 5.91 Å². The minimum atomic E-state index is -0.632. The van der Waals surface area contributed by atoms with Crippen LogP contribution < -0.4 is 14.8 Å². The van der Waals surface area contributed by atoms with Gasteiger partial charge in [-0.3, -0.25) is 4.79 Å². The van der Waals surface area contributed by atoms with Gasteiger partial charge in [-0.2, -0.15) is 0 Å². The largest absolute Gasteiger partial charge is 0.497 e. The molecule has 1 N–H and O–H groups in total. The second-order valence-electron chi connectivity index (χ2n) is 5.39. The second-order valence-corrected chi connectivity index (χ2v) is 5.39. The number of esters is 1. The maximum atomic E-state index is 11.8. The Labute approximate surface area is 151 Å². The van der Waals surface area contributed by atoms with Crippen LogP contribution in [0.25, 0.3) is 6.08 Å². The van der Waals surface area contributed by atoms with Gasteiger partial charge in [0.2, 0.25) is 0 Å². The molecule has 0 fully saturated rings. The van der Waals surface area contributed by atoms with Gasteiger partial charge in [0.15, 0.2) is 6.61 Å². The highest BCUT2D eigenvalue weighted by Gasteiger charge is 2.12. The molecule has 1 aromatic carbocycles. The predicted molar refractivity (Wildman–Crippen MR) is 94.8 cm³/mol. The van der Waals surface area contributed by atoms with Crippen molar-refractivity contribution >= 4 is 18.0 Å². The first kappa shape index (κ1) is 19.1. The van der Waals surface area contributed by atoms with Gasteiger partial charge in [0.1, 0.15) is 17.3 Å². The molecular formula is C19H21NO6. The van der Waals surface area contributed by atoms with Gasteiger partial charge in [-0.1, -0.05) is 0 Å². The molecule has 1 heterocycles. The molecule has 0 aliphatic rings. The van der Waals surface area contributed by atoms with Crippen molar-refractivity contribution in [3.63, 3.8) is 0 Å². The molecule has 0 aliphatic heterocycles. The average molecular weight is 359 g/mol. The molecular weight excluding hydrogens is 338 g/mol. The topological polar surface area (TPSA) is 87.0 Å². The predicted octanol–water partition coefficient (Wildman–Crippen LogP) is 2.73. The molecule has 26 heavy (non-hydrogen) atoms. The molecule has 7 nitrogen and oxygen atoms in total. The number of carbonyl (C=O) groups excluding carboxylic acids is 2. The minimum Gasteiger partial charge on any atom is -0.497 e. The molecule has 0 radical (unpaired) electrons. The number of carbonyl (C=O) groups is 2. The maximum absolute atomic E-state index is 11.8. The summed E-state index contributed by atoms with van der Waals surface area (Å²) >= 11 is 0. The first-order chi connectivity index (χ1) is 12.5. The molecule has 0 saturated carbocycles. The third kappa shape index (κ3) is 5.70. The number of hydrogen-bond donors (Lipinski definition) is 1. The number of furan rings is 1. The van der Waals surface area contributed by atoms with Crippen LogP contribution in [0.15, 0.2) is 47.1 Å². The Morgan fingerprint density at radius 2 is 1.88 bits per heavy atom. The molecule has 0 spiro atoms. The SMILES string of the molecule is COc1cc(/C=C/C(=O)OCC(=O)N[C@@H](C)c2ccco2)cc(OC)c1. The van der Waals surface area contributed by atoms with Crippen molar-refractivity contribution in [3.05, 3.63) is 54.0 Å². The van der Waals surface area contributed by atoms with Crippen LogP contribution in [0.3, 0.4) is 0 Å². The molecule has 138 valence electrons. The summed E-state index contributed by atoms with van der Waals surface area (Å²) in [5, 5.41) is 2.67. The van der Waals surface area contributed by atoms with Gasteiger partial charge in [-0.15, -0.1) is 0 Å². The fourth-order valence-electron chi connectivity index (χ4n) is 2.17. The molecule has 1 aromatic heterocycles. The zero-order valence-electron chi connectivity index (χ0n) is 14.9. The molecule has 0 saturated heterocycles. The van der Waals surface area contributed by atoms with E-state index >= 15 is 0 Å². The van der Waals surface area contributed by atoms with Gasteiger partial charge >= 0.3 is 5.97 Å². The number of hydrogen-bond acceptors (Lipinski definition) is 6. The van der Waals surface area contributed by atoms with Crippen molar-refractivity contribution in [2.24, 2.45) is 0 Å². The number of rotatable bonds is 8. The summed E-state index contributed by atoms with van der Waals surface area (Å²) in [5.41, 5.74) is 0.703. The number of methoxy groups -OCH3 is 2. The standard InChI is InChI=1S/C19H21NO6/c1-13(17-5-4-8-25-17)20-18(21)12-26-19(22)7-6-14-9-15(23-2)11-16(10-14)24-3/h4-11,13H,12H2,1-3H3,(H,20,21)/b7-6+/t13-/m0/s1. The van der Waals surface area contributed by atoms with Crippen LogP contribution in [-0.2, 0) is 14.3 Å². The van der Waals surface area contributed by atoms with E-state index in [9.17, 15) is 9.59 Å². The summed E-state index contributed by atoms with van der Waals surface area (Å²) in [5.74, 6) is 0.773. The van der Waals surface area contributed by atoms with Gasteiger partial charge in [-0.25, -0.2) is 4.79 Å². The van der Waals surface area contributed by atoms with E-state index < -0.39 is 11.9 Å². The third-order valence-electron chi connectivity index (χ3n) is 3.48. The lowest BCUT2D eigenvalue weighted by atomic mass is 10.2. The zero-order chi connectivity index (χ0) is 18.9. The molecule has 0 bridgehead atoms. The number of amides is 1. The Bertz CT molecular complexity index is 744. The normalized spacial score (nSPS) is 11.8. The van der Waals surface area contributed by atoms with Gasteiger partial charge < -0.3 is 23.9 Å². The van der Waals surface area contributed by atoms with Crippen LogP contribution in [0, 0.1) is 0 Å². The lowest BCUT2D eigenvalue weighted by molar-refractivity contribution is -0.144. The minimum absolute atomic E-state index is 0.309. The fourth-order valence-corrected chi connectivity index (χ4v) is 2.17. The Morgan fingerprint density at radius 3 is 2.46 bits per heavy atom. The van der Waals surface area contributed by atoms with Crippen molar-refractivity contribution in [1.29, 1.82) is 0 Å². The number of nitrogens with one attached hydrogen (secondary N) is 1. The molecule has 7 heteroatoms. The third-order valence-corrected chi connectivity index (χ3v) is 3.48. The Hall–Kier alpha value is -3.22. The van der Waals surface area contributed by atoms with Gasteiger partial charge in [0.05, 0.1) is 26.5 Å². The summed E-state index contributed by atoms with van der Waals surface area (Å²) < 4.78 is 20.4. The number of ether oxygens (including phenoxy) is 3. The highest BCUT2D eigenvalue weighted by Crippen LogP contribution is 2.23. The summed E-state index contributed by atoms with van der Waals surface area (Å²) in [4.78, 5) is 23.6. The van der Waals surface area contributed by atoms with E-state index in [0.717, 1.165) is 0 Å². The molecule has 0 unspecified atom stereocenters. The van der Waals surface area contributed by atoms with E-state index in [4.69, 9.17) is 18.6 Å². The Kier molecular flexibility index (Phi) is 6.84. The van der Waals surface area contributed by atoms with E-state index in [0.29, 0.717) is 22.8 Å². The van der Waals surface area contributed by atoms with Crippen molar-refractivity contribution in [2.45, 2.75) is 13.0 Å². The van der Waals surface area contributed by atoms with Crippen LogP contribution in [0.5, 0.6) is 11.5 Å². The molecule has 1 atom stereocenters. The van der Waals surface area contributed by atoms with Crippen molar-refractivity contribution in [3.8, 4) is 11.5 Å². The molecule has 2 aromatic rings. The molecule has 2 rings (SSSR count). The Morgan fingerprint density at radius 1 is 1.19 bits per heavy atom. The van der Waals surface area contributed by atoms with Crippen LogP contribution in [-0.4, -0.2) is 32.7 Å². The maximum Gasteiger partial charge on any atom is 0.331 e. The van der Waals surface area contributed by atoms with Crippen molar-refractivity contribution in [2.75, 3.05) is 20.8 Å². The first-order valence-corrected chi connectivity index (χ1v) is 7.92. The fraction of sp³-hybridized carbons (Fsp3) is 0.263. The van der Waals surface area contributed by atoms with Gasteiger partial charge in [0, 0.05) is 12.1 Å². The van der Waals surface area contributed by atoms with Crippen LogP contribution in [0.4, 0.5) is 0 Å². The van der Waals surface area contributed by atoms with Gasteiger partial charge in [-0.05, 0) is 42.8 Å². The lowest BCUT2D eigenvalue weighted by Gasteiger charge is -2.11.